The van der Waals surface area contributed by atoms with Crippen LogP contribution in [0.4, 0.5) is 5.82 Å². The van der Waals surface area contributed by atoms with Gasteiger partial charge in [0.1, 0.15) is 11.6 Å². The number of esters is 1. The van der Waals surface area contributed by atoms with Gasteiger partial charge in [-0.25, -0.2) is 9.97 Å². The lowest BCUT2D eigenvalue weighted by atomic mass is 10.2. The lowest BCUT2D eigenvalue weighted by molar-refractivity contribution is -0.142. The monoisotopic (exact) mass is 357 g/mol. The van der Waals surface area contributed by atoms with E-state index in [0.717, 1.165) is 43.3 Å². The summed E-state index contributed by atoms with van der Waals surface area (Å²) in [5.41, 5.74) is 1.39. The largest absolute Gasteiger partial charge is 0.468 e. The Kier molecular flexibility index (Phi) is 5.62. The summed E-state index contributed by atoms with van der Waals surface area (Å²) >= 11 is 0. The van der Waals surface area contributed by atoms with Crippen LogP contribution >= 0.6 is 0 Å². The van der Waals surface area contributed by atoms with Gasteiger partial charge in [-0.2, -0.15) is 0 Å². The Labute approximate surface area is 151 Å². The third-order valence-electron chi connectivity index (χ3n) is 4.45. The number of nitrogens with zero attached hydrogens (tertiary/aromatic N) is 4. The molecule has 1 aliphatic rings. The number of hydrogen-bond donors (Lipinski definition) is 1. The van der Waals surface area contributed by atoms with Gasteiger partial charge in [-0.05, 0) is 18.6 Å². The van der Waals surface area contributed by atoms with Gasteiger partial charge >= 0.3 is 5.97 Å². The molecule has 1 N–H and O–H groups in total. The zero-order chi connectivity index (χ0) is 18.5. The Morgan fingerprint density at radius 1 is 1.27 bits per heavy atom. The van der Waals surface area contributed by atoms with Gasteiger partial charge in [0, 0.05) is 49.7 Å². The zero-order valence-electron chi connectivity index (χ0n) is 15.1. The number of nitrogens with one attached hydrogen (secondary N) is 1. The van der Waals surface area contributed by atoms with E-state index in [4.69, 9.17) is 4.74 Å². The molecule has 0 unspecified atom stereocenters. The second-order valence-corrected chi connectivity index (χ2v) is 6.18. The summed E-state index contributed by atoms with van der Waals surface area (Å²) in [4.78, 5) is 39.1. The standard InChI is InChI=1S/C18H23N5O3/c1-3-14-10-16(24)21-18(20-14)13-4-5-15(19-11-13)23-8-6-22(7-9-23)12-17(25)26-2/h4-5,10-11H,3,6-9,12H2,1-2H3,(H,20,21,24). The average molecular weight is 357 g/mol. The molecule has 0 bridgehead atoms. The predicted octanol–water partition coefficient (Wildman–Crippen LogP) is 0.689. The minimum atomic E-state index is -0.211. The van der Waals surface area contributed by atoms with E-state index in [-0.39, 0.29) is 11.5 Å². The van der Waals surface area contributed by atoms with Crippen molar-refractivity contribution in [2.45, 2.75) is 13.3 Å². The van der Waals surface area contributed by atoms with Crippen molar-refractivity contribution in [2.75, 3.05) is 44.7 Å². The second-order valence-electron chi connectivity index (χ2n) is 6.18. The van der Waals surface area contributed by atoms with E-state index in [1.807, 2.05) is 19.1 Å². The van der Waals surface area contributed by atoms with E-state index in [1.54, 1.807) is 6.20 Å². The first-order valence-corrected chi connectivity index (χ1v) is 8.70. The fourth-order valence-corrected chi connectivity index (χ4v) is 2.92. The highest BCUT2D eigenvalue weighted by Crippen LogP contribution is 2.18. The number of anilines is 1. The molecule has 2 aromatic heterocycles. The summed E-state index contributed by atoms with van der Waals surface area (Å²) in [6.07, 6.45) is 2.44. The third kappa shape index (κ3) is 4.26. The fraction of sp³-hybridized carbons (Fsp3) is 0.444. The maximum absolute atomic E-state index is 11.7. The Balaban J connectivity index is 1.66. The SMILES string of the molecule is CCc1cc(=O)[nH]c(-c2ccc(N3CCN(CC(=O)OC)CC3)nc2)n1. The Bertz CT molecular complexity index is 810. The van der Waals surface area contributed by atoms with Crippen LogP contribution in [-0.2, 0) is 16.0 Å². The zero-order valence-corrected chi connectivity index (χ0v) is 15.1. The highest BCUT2D eigenvalue weighted by Gasteiger charge is 2.20. The maximum atomic E-state index is 11.7. The van der Waals surface area contributed by atoms with Crippen LogP contribution in [0.25, 0.3) is 11.4 Å². The van der Waals surface area contributed by atoms with Crippen LogP contribution < -0.4 is 10.5 Å². The number of rotatable bonds is 5. The molecule has 0 aromatic carbocycles. The van der Waals surface area contributed by atoms with Gasteiger partial charge in [0.05, 0.1) is 13.7 Å². The van der Waals surface area contributed by atoms with Crippen LogP contribution in [0.15, 0.2) is 29.2 Å². The molecule has 138 valence electrons. The summed E-state index contributed by atoms with van der Waals surface area (Å²) in [6, 6.07) is 5.36. The van der Waals surface area contributed by atoms with E-state index in [1.165, 1.54) is 13.2 Å². The summed E-state index contributed by atoms with van der Waals surface area (Å²) < 4.78 is 4.71. The smallest absolute Gasteiger partial charge is 0.319 e. The number of aromatic nitrogens is 3. The highest BCUT2D eigenvalue weighted by atomic mass is 16.5. The van der Waals surface area contributed by atoms with Crippen molar-refractivity contribution in [2.24, 2.45) is 0 Å². The van der Waals surface area contributed by atoms with Crippen LogP contribution in [0.1, 0.15) is 12.6 Å². The van der Waals surface area contributed by atoms with Gasteiger partial charge in [0.15, 0.2) is 0 Å². The number of H-pyrrole nitrogens is 1. The number of piperazine rings is 1. The number of carbonyl (C=O) groups excluding carboxylic acids is 1. The van der Waals surface area contributed by atoms with E-state index in [2.05, 4.69) is 24.8 Å². The molecule has 0 spiro atoms. The van der Waals surface area contributed by atoms with Crippen molar-refractivity contribution in [3.8, 4) is 11.4 Å². The van der Waals surface area contributed by atoms with Gasteiger partial charge < -0.3 is 14.6 Å². The molecule has 0 radical (unpaired) electrons. The first kappa shape index (κ1) is 18.1. The minimum absolute atomic E-state index is 0.155. The molecule has 1 fully saturated rings. The van der Waals surface area contributed by atoms with Gasteiger partial charge in [-0.3, -0.25) is 14.5 Å². The van der Waals surface area contributed by atoms with E-state index in [9.17, 15) is 9.59 Å². The fourth-order valence-electron chi connectivity index (χ4n) is 2.92. The lowest BCUT2D eigenvalue weighted by Crippen LogP contribution is -2.48. The molecule has 8 nitrogen and oxygen atoms in total. The topological polar surface area (TPSA) is 91.4 Å². The molecule has 1 saturated heterocycles. The predicted molar refractivity (Wildman–Crippen MR) is 98.1 cm³/mol. The lowest BCUT2D eigenvalue weighted by Gasteiger charge is -2.34. The number of carbonyl (C=O) groups is 1. The Hall–Kier alpha value is -2.74. The van der Waals surface area contributed by atoms with Crippen molar-refractivity contribution in [3.63, 3.8) is 0 Å². The van der Waals surface area contributed by atoms with Gasteiger partial charge in [-0.15, -0.1) is 0 Å². The molecule has 1 aliphatic heterocycles. The molecular weight excluding hydrogens is 334 g/mol. The van der Waals surface area contributed by atoms with Crippen molar-refractivity contribution in [1.29, 1.82) is 0 Å². The number of methoxy groups -OCH3 is 1. The van der Waals surface area contributed by atoms with Gasteiger partial charge in [0.2, 0.25) is 0 Å². The van der Waals surface area contributed by atoms with E-state index >= 15 is 0 Å². The quantitative estimate of drug-likeness (QED) is 0.787. The van der Waals surface area contributed by atoms with Crippen LogP contribution in [-0.4, -0.2) is 65.7 Å². The maximum Gasteiger partial charge on any atom is 0.319 e. The second kappa shape index (κ2) is 8.09. The van der Waals surface area contributed by atoms with E-state index in [0.29, 0.717) is 18.8 Å². The normalized spacial score (nSPS) is 15.1. The van der Waals surface area contributed by atoms with Crippen molar-refractivity contribution in [1.82, 2.24) is 19.9 Å². The third-order valence-corrected chi connectivity index (χ3v) is 4.45. The summed E-state index contributed by atoms with van der Waals surface area (Å²) in [5.74, 6) is 1.20. The molecule has 0 saturated carbocycles. The molecular formula is C18H23N5O3. The molecule has 8 heteroatoms. The van der Waals surface area contributed by atoms with Crippen LogP contribution in [0.2, 0.25) is 0 Å². The molecule has 2 aromatic rings. The van der Waals surface area contributed by atoms with Crippen LogP contribution in [0.3, 0.4) is 0 Å². The van der Waals surface area contributed by atoms with Gasteiger partial charge in [0.25, 0.3) is 5.56 Å². The van der Waals surface area contributed by atoms with Crippen LogP contribution in [0.5, 0.6) is 0 Å². The molecule has 26 heavy (non-hydrogen) atoms. The number of aromatic amines is 1. The summed E-state index contributed by atoms with van der Waals surface area (Å²) in [5, 5.41) is 0. The number of pyridine rings is 1. The van der Waals surface area contributed by atoms with Crippen molar-refractivity contribution >= 4 is 11.8 Å². The minimum Gasteiger partial charge on any atom is -0.468 e. The molecule has 0 amide bonds. The Morgan fingerprint density at radius 2 is 2.04 bits per heavy atom. The van der Waals surface area contributed by atoms with Crippen molar-refractivity contribution in [3.05, 3.63) is 40.4 Å². The number of hydrogen-bond acceptors (Lipinski definition) is 7. The number of ether oxygens (including phenoxy) is 1. The molecule has 0 atom stereocenters. The first-order chi connectivity index (χ1) is 12.6. The van der Waals surface area contributed by atoms with Crippen LogP contribution in [0, 0.1) is 0 Å². The summed E-state index contributed by atoms with van der Waals surface area (Å²) in [7, 11) is 1.41. The van der Waals surface area contributed by atoms with Crippen molar-refractivity contribution < 1.29 is 9.53 Å². The first-order valence-electron chi connectivity index (χ1n) is 8.70. The number of aryl methyl sites for hydroxylation is 1. The highest BCUT2D eigenvalue weighted by molar-refractivity contribution is 5.71. The summed E-state index contributed by atoms with van der Waals surface area (Å²) in [6.45, 7) is 5.45. The molecule has 3 heterocycles. The molecule has 3 rings (SSSR count). The van der Waals surface area contributed by atoms with Gasteiger partial charge in [-0.1, -0.05) is 6.92 Å². The Morgan fingerprint density at radius 3 is 2.65 bits per heavy atom. The van der Waals surface area contributed by atoms with E-state index < -0.39 is 0 Å². The average Bonchev–Trinajstić information content (AvgIpc) is 2.68. The molecule has 0 aliphatic carbocycles.